The first-order valence-electron chi connectivity index (χ1n) is 5.69. The Labute approximate surface area is 110 Å². The minimum absolute atomic E-state index is 0.0679. The van der Waals surface area contributed by atoms with Crippen LogP contribution in [0.15, 0.2) is 30.6 Å². The maximum Gasteiger partial charge on any atom is 0.227 e. The van der Waals surface area contributed by atoms with Crippen molar-refractivity contribution in [1.29, 1.82) is 0 Å². The quantitative estimate of drug-likeness (QED) is 0.891. The molecule has 2 rings (SSSR count). The number of aryl methyl sites for hydroxylation is 2. The lowest BCUT2D eigenvalue weighted by Crippen LogP contribution is -2.13. The summed E-state index contributed by atoms with van der Waals surface area (Å²) in [5, 5.41) is 3.41. The lowest BCUT2D eigenvalue weighted by molar-refractivity contribution is -0.116. The summed E-state index contributed by atoms with van der Waals surface area (Å²) >= 11 is 6.03. The highest BCUT2D eigenvalue weighted by Crippen LogP contribution is 2.17. The first-order chi connectivity index (χ1) is 8.65. The summed E-state index contributed by atoms with van der Waals surface area (Å²) < 4.78 is 0. The van der Waals surface area contributed by atoms with Gasteiger partial charge >= 0.3 is 0 Å². The smallest absolute Gasteiger partial charge is 0.227 e. The van der Waals surface area contributed by atoms with Gasteiger partial charge in [-0.25, -0.2) is 4.98 Å². The van der Waals surface area contributed by atoms with E-state index in [1.54, 1.807) is 12.4 Å². The van der Waals surface area contributed by atoms with Crippen LogP contribution in [-0.4, -0.2) is 15.9 Å². The number of hydrogen-bond donors (Lipinski definition) is 2. The Morgan fingerprint density at radius 1 is 1.50 bits per heavy atom. The van der Waals surface area contributed by atoms with Gasteiger partial charge in [-0.2, -0.15) is 0 Å². The van der Waals surface area contributed by atoms with Crippen LogP contribution in [0.5, 0.6) is 0 Å². The molecule has 0 spiro atoms. The molecule has 18 heavy (non-hydrogen) atoms. The zero-order valence-electron chi connectivity index (χ0n) is 10.0. The summed E-state index contributed by atoms with van der Waals surface area (Å²) in [5.41, 5.74) is 2.10. The molecule has 0 fully saturated rings. The van der Waals surface area contributed by atoms with E-state index in [-0.39, 0.29) is 5.91 Å². The van der Waals surface area contributed by atoms with Crippen LogP contribution in [0.3, 0.4) is 0 Å². The molecule has 4 nitrogen and oxygen atoms in total. The first kappa shape index (κ1) is 12.6. The minimum atomic E-state index is -0.0679. The monoisotopic (exact) mass is 263 g/mol. The summed E-state index contributed by atoms with van der Waals surface area (Å²) in [5.74, 6) is 0.406. The Bertz CT molecular complexity index is 537. The summed E-state index contributed by atoms with van der Waals surface area (Å²) in [6.07, 6.45) is 4.32. The van der Waals surface area contributed by atoms with Crippen LogP contribution in [0.1, 0.15) is 17.5 Å². The topological polar surface area (TPSA) is 57.8 Å². The molecule has 0 radical (unpaired) electrons. The number of aromatic amines is 1. The number of carbonyl (C=O) groups is 1. The molecule has 0 atom stereocenters. The number of imidazole rings is 1. The van der Waals surface area contributed by atoms with Gasteiger partial charge in [0.1, 0.15) is 0 Å². The van der Waals surface area contributed by atoms with Crippen molar-refractivity contribution in [3.05, 3.63) is 46.7 Å². The van der Waals surface area contributed by atoms with Crippen LogP contribution in [0, 0.1) is 6.92 Å². The van der Waals surface area contributed by atoms with E-state index >= 15 is 0 Å². The Hall–Kier alpha value is -1.81. The van der Waals surface area contributed by atoms with Crippen molar-refractivity contribution < 1.29 is 4.79 Å². The van der Waals surface area contributed by atoms with Crippen LogP contribution in [0.4, 0.5) is 5.95 Å². The van der Waals surface area contributed by atoms with Crippen molar-refractivity contribution >= 4 is 23.5 Å². The summed E-state index contributed by atoms with van der Waals surface area (Å²) in [6.45, 7) is 1.95. The molecule has 2 N–H and O–H groups in total. The zero-order valence-corrected chi connectivity index (χ0v) is 10.8. The number of rotatable bonds is 4. The predicted octanol–water partition coefficient (Wildman–Crippen LogP) is 2.94. The molecular weight excluding hydrogens is 250 g/mol. The van der Waals surface area contributed by atoms with Crippen molar-refractivity contribution in [2.75, 3.05) is 5.32 Å². The number of amides is 1. The van der Waals surface area contributed by atoms with Crippen LogP contribution in [0.25, 0.3) is 0 Å². The Morgan fingerprint density at radius 2 is 2.33 bits per heavy atom. The minimum Gasteiger partial charge on any atom is -0.331 e. The molecule has 0 bridgehead atoms. The highest BCUT2D eigenvalue weighted by Gasteiger charge is 2.05. The third-order valence-electron chi connectivity index (χ3n) is 2.63. The van der Waals surface area contributed by atoms with Crippen molar-refractivity contribution in [1.82, 2.24) is 9.97 Å². The number of halogens is 1. The molecule has 1 amide bonds. The number of benzene rings is 1. The standard InChI is InChI=1S/C13H14ClN3O/c1-9-2-3-10(8-11(9)14)4-5-12(18)17-13-15-6-7-16-13/h2-3,6-8H,4-5H2,1H3,(H2,15,16,17,18). The van der Waals surface area contributed by atoms with E-state index < -0.39 is 0 Å². The maximum atomic E-state index is 11.6. The van der Waals surface area contributed by atoms with Crippen molar-refractivity contribution in [2.45, 2.75) is 19.8 Å². The molecule has 0 aliphatic heterocycles. The van der Waals surface area contributed by atoms with E-state index in [0.717, 1.165) is 16.1 Å². The number of anilines is 1. The van der Waals surface area contributed by atoms with E-state index in [4.69, 9.17) is 11.6 Å². The molecule has 0 saturated carbocycles. The summed E-state index contributed by atoms with van der Waals surface area (Å²) in [6, 6.07) is 5.85. The van der Waals surface area contributed by atoms with Crippen LogP contribution < -0.4 is 5.32 Å². The molecule has 0 aliphatic rings. The fraction of sp³-hybridized carbons (Fsp3) is 0.231. The lowest BCUT2D eigenvalue weighted by Gasteiger charge is -2.04. The molecule has 94 valence electrons. The second-order valence-electron chi connectivity index (χ2n) is 4.07. The van der Waals surface area contributed by atoms with Gasteiger partial charge in [-0.15, -0.1) is 0 Å². The van der Waals surface area contributed by atoms with Crippen molar-refractivity contribution in [3.8, 4) is 0 Å². The number of nitrogens with zero attached hydrogens (tertiary/aromatic N) is 1. The third kappa shape index (κ3) is 3.34. The molecule has 2 aromatic rings. The fourth-order valence-corrected chi connectivity index (χ4v) is 1.78. The Kier molecular flexibility index (Phi) is 3.99. The van der Waals surface area contributed by atoms with Crippen LogP contribution >= 0.6 is 11.6 Å². The summed E-state index contributed by atoms with van der Waals surface area (Å²) in [4.78, 5) is 18.4. The number of aromatic nitrogens is 2. The van der Waals surface area contributed by atoms with Gasteiger partial charge in [0.25, 0.3) is 0 Å². The average Bonchev–Trinajstić information content (AvgIpc) is 2.83. The maximum absolute atomic E-state index is 11.6. The van der Waals surface area contributed by atoms with Crippen molar-refractivity contribution in [3.63, 3.8) is 0 Å². The molecule has 1 aromatic heterocycles. The van der Waals surface area contributed by atoms with E-state index in [0.29, 0.717) is 18.8 Å². The van der Waals surface area contributed by atoms with Gasteiger partial charge in [-0.05, 0) is 30.5 Å². The van der Waals surface area contributed by atoms with Gasteiger partial charge in [-0.1, -0.05) is 23.7 Å². The number of H-pyrrole nitrogens is 1. The zero-order chi connectivity index (χ0) is 13.0. The molecule has 1 heterocycles. The molecule has 0 aliphatic carbocycles. The second kappa shape index (κ2) is 5.69. The first-order valence-corrected chi connectivity index (χ1v) is 6.07. The normalized spacial score (nSPS) is 10.3. The van der Waals surface area contributed by atoms with E-state index in [9.17, 15) is 4.79 Å². The van der Waals surface area contributed by atoms with E-state index in [1.165, 1.54) is 0 Å². The largest absolute Gasteiger partial charge is 0.331 e. The van der Waals surface area contributed by atoms with Gasteiger partial charge in [0, 0.05) is 23.8 Å². The Balaban J connectivity index is 1.87. The van der Waals surface area contributed by atoms with Gasteiger partial charge < -0.3 is 4.98 Å². The molecular formula is C13H14ClN3O. The van der Waals surface area contributed by atoms with Gasteiger partial charge in [0.15, 0.2) is 0 Å². The number of carbonyl (C=O) groups excluding carboxylic acids is 1. The van der Waals surface area contributed by atoms with E-state index in [1.807, 2.05) is 25.1 Å². The fourth-order valence-electron chi connectivity index (χ4n) is 1.58. The summed E-state index contributed by atoms with van der Waals surface area (Å²) in [7, 11) is 0. The van der Waals surface area contributed by atoms with Gasteiger partial charge in [0.05, 0.1) is 0 Å². The SMILES string of the molecule is Cc1ccc(CCC(=O)Nc2ncc[nH]2)cc1Cl. The number of hydrogen-bond acceptors (Lipinski definition) is 2. The highest BCUT2D eigenvalue weighted by molar-refractivity contribution is 6.31. The average molecular weight is 264 g/mol. The number of nitrogens with one attached hydrogen (secondary N) is 2. The third-order valence-corrected chi connectivity index (χ3v) is 3.04. The van der Waals surface area contributed by atoms with Crippen LogP contribution in [0.2, 0.25) is 5.02 Å². The van der Waals surface area contributed by atoms with Gasteiger partial charge in [-0.3, -0.25) is 10.1 Å². The molecule has 0 unspecified atom stereocenters. The predicted molar refractivity (Wildman–Crippen MR) is 71.7 cm³/mol. The van der Waals surface area contributed by atoms with Crippen molar-refractivity contribution in [2.24, 2.45) is 0 Å². The molecule has 0 saturated heterocycles. The molecule has 5 heteroatoms. The van der Waals surface area contributed by atoms with Crippen LogP contribution in [-0.2, 0) is 11.2 Å². The molecule has 1 aromatic carbocycles. The highest BCUT2D eigenvalue weighted by atomic mass is 35.5. The van der Waals surface area contributed by atoms with Gasteiger partial charge in [0.2, 0.25) is 11.9 Å². The van der Waals surface area contributed by atoms with E-state index in [2.05, 4.69) is 15.3 Å². The Morgan fingerprint density at radius 3 is 3.00 bits per heavy atom. The second-order valence-corrected chi connectivity index (χ2v) is 4.48. The lowest BCUT2D eigenvalue weighted by atomic mass is 10.1.